The minimum absolute atomic E-state index is 0.0159. The molecule has 0 saturated carbocycles. The number of amides is 2. The summed E-state index contributed by atoms with van der Waals surface area (Å²) in [4.78, 5) is 29.0. The van der Waals surface area contributed by atoms with E-state index in [0.29, 0.717) is 43.2 Å². The molecule has 0 unspecified atom stereocenters. The fourth-order valence-electron chi connectivity index (χ4n) is 4.64. The fourth-order valence-corrected chi connectivity index (χ4v) is 4.64. The summed E-state index contributed by atoms with van der Waals surface area (Å²) >= 11 is 0. The number of piperazine rings is 1. The Balaban J connectivity index is 1.15. The highest BCUT2D eigenvalue weighted by molar-refractivity contribution is 5.94. The van der Waals surface area contributed by atoms with Crippen LogP contribution < -0.4 is 9.47 Å². The number of hydrogen-bond acceptors (Lipinski definition) is 5. The van der Waals surface area contributed by atoms with Crippen molar-refractivity contribution in [2.24, 2.45) is 0 Å². The van der Waals surface area contributed by atoms with Crippen LogP contribution in [0, 0.1) is 0 Å². The van der Waals surface area contributed by atoms with Crippen LogP contribution in [-0.4, -0.2) is 61.5 Å². The van der Waals surface area contributed by atoms with Gasteiger partial charge in [-0.15, -0.1) is 0 Å². The summed E-state index contributed by atoms with van der Waals surface area (Å²) in [7, 11) is 1.60. The van der Waals surface area contributed by atoms with Gasteiger partial charge in [-0.2, -0.15) is 0 Å². The van der Waals surface area contributed by atoms with Crippen LogP contribution in [-0.2, 0) is 17.6 Å². The SMILES string of the molecule is COc1ccc(C(=O)N2CCN(C(=O)COc3ccc4oc5c(c4c3)CCCC5)CC2)cc1. The third-order valence-electron chi connectivity index (χ3n) is 6.55. The fraction of sp³-hybridized carbons (Fsp3) is 0.385. The first kappa shape index (κ1) is 21.4. The molecule has 1 aliphatic heterocycles. The maximum absolute atomic E-state index is 12.7. The van der Waals surface area contributed by atoms with Gasteiger partial charge in [0.1, 0.15) is 22.8 Å². The minimum Gasteiger partial charge on any atom is -0.497 e. The molecule has 172 valence electrons. The van der Waals surface area contributed by atoms with E-state index in [1.807, 2.05) is 18.2 Å². The average Bonchev–Trinajstić information content (AvgIpc) is 3.25. The largest absolute Gasteiger partial charge is 0.497 e. The van der Waals surface area contributed by atoms with Crippen molar-refractivity contribution in [3.8, 4) is 11.5 Å². The molecule has 7 heteroatoms. The van der Waals surface area contributed by atoms with Gasteiger partial charge in [-0.3, -0.25) is 9.59 Å². The molecule has 1 aliphatic carbocycles. The van der Waals surface area contributed by atoms with Crippen molar-refractivity contribution in [1.82, 2.24) is 9.80 Å². The van der Waals surface area contributed by atoms with Gasteiger partial charge in [0.15, 0.2) is 6.61 Å². The van der Waals surface area contributed by atoms with E-state index in [1.54, 1.807) is 41.2 Å². The first-order valence-electron chi connectivity index (χ1n) is 11.5. The van der Waals surface area contributed by atoms with Crippen LogP contribution in [0.5, 0.6) is 11.5 Å². The number of carbonyl (C=O) groups is 2. The van der Waals surface area contributed by atoms with Crippen LogP contribution >= 0.6 is 0 Å². The standard InChI is InChI=1S/C26H28N2O5/c1-31-19-8-6-18(7-9-19)26(30)28-14-12-27(13-15-28)25(29)17-32-20-10-11-24-22(16-20)21-4-2-3-5-23(21)33-24/h6-11,16H,2-5,12-15,17H2,1H3. The molecule has 3 aromatic rings. The van der Waals surface area contributed by atoms with E-state index < -0.39 is 0 Å². The molecule has 0 bridgehead atoms. The smallest absolute Gasteiger partial charge is 0.260 e. The van der Waals surface area contributed by atoms with E-state index in [1.165, 1.54) is 18.4 Å². The Morgan fingerprint density at radius 3 is 2.36 bits per heavy atom. The molecule has 0 radical (unpaired) electrons. The van der Waals surface area contributed by atoms with Gasteiger partial charge in [-0.1, -0.05) is 0 Å². The highest BCUT2D eigenvalue weighted by Crippen LogP contribution is 2.34. The lowest BCUT2D eigenvalue weighted by Crippen LogP contribution is -2.51. The summed E-state index contributed by atoms with van der Waals surface area (Å²) < 4.78 is 16.9. The quantitative estimate of drug-likeness (QED) is 0.595. The topological polar surface area (TPSA) is 72.2 Å². The van der Waals surface area contributed by atoms with Gasteiger partial charge in [0.05, 0.1) is 7.11 Å². The van der Waals surface area contributed by atoms with Crippen molar-refractivity contribution in [3.05, 3.63) is 59.4 Å². The van der Waals surface area contributed by atoms with Crippen molar-refractivity contribution in [1.29, 1.82) is 0 Å². The lowest BCUT2D eigenvalue weighted by Gasteiger charge is -2.34. The predicted octanol–water partition coefficient (Wildman–Crippen LogP) is 3.68. The second-order valence-corrected chi connectivity index (χ2v) is 8.56. The number of methoxy groups -OCH3 is 1. The molecule has 0 spiro atoms. The van der Waals surface area contributed by atoms with Crippen LogP contribution in [0.2, 0.25) is 0 Å². The normalized spacial score (nSPS) is 15.9. The van der Waals surface area contributed by atoms with Gasteiger partial charge in [-0.25, -0.2) is 0 Å². The van der Waals surface area contributed by atoms with Gasteiger partial charge in [0.25, 0.3) is 11.8 Å². The highest BCUT2D eigenvalue weighted by atomic mass is 16.5. The molecule has 5 rings (SSSR count). The lowest BCUT2D eigenvalue weighted by molar-refractivity contribution is -0.134. The van der Waals surface area contributed by atoms with E-state index in [9.17, 15) is 9.59 Å². The number of hydrogen-bond donors (Lipinski definition) is 0. The highest BCUT2D eigenvalue weighted by Gasteiger charge is 2.25. The molecule has 33 heavy (non-hydrogen) atoms. The zero-order valence-corrected chi connectivity index (χ0v) is 18.8. The summed E-state index contributed by atoms with van der Waals surface area (Å²) in [6, 6.07) is 12.9. The molecular formula is C26H28N2O5. The van der Waals surface area contributed by atoms with E-state index >= 15 is 0 Å². The predicted molar refractivity (Wildman–Crippen MR) is 124 cm³/mol. The third-order valence-corrected chi connectivity index (χ3v) is 6.55. The van der Waals surface area contributed by atoms with Gasteiger partial charge < -0.3 is 23.7 Å². The van der Waals surface area contributed by atoms with E-state index in [2.05, 4.69) is 0 Å². The molecule has 2 aromatic carbocycles. The zero-order valence-electron chi connectivity index (χ0n) is 18.8. The molecule has 0 N–H and O–H groups in total. The lowest BCUT2D eigenvalue weighted by atomic mass is 9.96. The molecule has 2 amide bonds. The number of aryl methyl sites for hydroxylation is 2. The Morgan fingerprint density at radius 1 is 0.909 bits per heavy atom. The Bertz CT molecular complexity index is 1160. The molecule has 1 fully saturated rings. The number of ether oxygens (including phenoxy) is 2. The Kier molecular flexibility index (Phi) is 5.94. The second kappa shape index (κ2) is 9.17. The Morgan fingerprint density at radius 2 is 1.61 bits per heavy atom. The maximum atomic E-state index is 12.7. The Hall–Kier alpha value is -3.48. The number of fused-ring (bicyclic) bond motifs is 3. The number of carbonyl (C=O) groups excluding carboxylic acids is 2. The third kappa shape index (κ3) is 4.40. The molecule has 2 heterocycles. The molecular weight excluding hydrogens is 420 g/mol. The van der Waals surface area contributed by atoms with Gasteiger partial charge in [-0.05, 0) is 61.7 Å². The van der Waals surface area contributed by atoms with Crippen LogP contribution in [0.25, 0.3) is 11.0 Å². The second-order valence-electron chi connectivity index (χ2n) is 8.56. The molecule has 1 saturated heterocycles. The first-order chi connectivity index (χ1) is 16.1. The molecule has 2 aliphatic rings. The van der Waals surface area contributed by atoms with Crippen LogP contribution in [0.15, 0.2) is 46.9 Å². The maximum Gasteiger partial charge on any atom is 0.260 e. The summed E-state index contributed by atoms with van der Waals surface area (Å²) in [5.41, 5.74) is 2.79. The van der Waals surface area contributed by atoms with E-state index in [0.717, 1.165) is 29.6 Å². The zero-order chi connectivity index (χ0) is 22.8. The minimum atomic E-state index is -0.0686. The van der Waals surface area contributed by atoms with Crippen molar-refractivity contribution in [2.75, 3.05) is 39.9 Å². The summed E-state index contributed by atoms with van der Waals surface area (Å²) in [6.45, 7) is 1.99. The summed E-state index contributed by atoms with van der Waals surface area (Å²) in [5.74, 6) is 2.39. The van der Waals surface area contributed by atoms with E-state index in [-0.39, 0.29) is 18.4 Å². The van der Waals surface area contributed by atoms with Crippen LogP contribution in [0.4, 0.5) is 0 Å². The van der Waals surface area contributed by atoms with Crippen molar-refractivity contribution in [3.63, 3.8) is 0 Å². The van der Waals surface area contributed by atoms with Gasteiger partial charge >= 0.3 is 0 Å². The summed E-state index contributed by atoms with van der Waals surface area (Å²) in [5, 5.41) is 1.10. The molecule has 7 nitrogen and oxygen atoms in total. The average molecular weight is 449 g/mol. The number of benzene rings is 2. The first-order valence-corrected chi connectivity index (χ1v) is 11.5. The summed E-state index contributed by atoms with van der Waals surface area (Å²) in [6.07, 6.45) is 4.37. The molecule has 0 atom stereocenters. The number of furan rings is 1. The Labute approximate surface area is 192 Å². The monoisotopic (exact) mass is 448 g/mol. The van der Waals surface area contributed by atoms with Gasteiger partial charge in [0.2, 0.25) is 0 Å². The van der Waals surface area contributed by atoms with Gasteiger partial charge in [0, 0.05) is 49.1 Å². The van der Waals surface area contributed by atoms with Crippen molar-refractivity contribution >= 4 is 22.8 Å². The number of rotatable bonds is 5. The van der Waals surface area contributed by atoms with Crippen molar-refractivity contribution in [2.45, 2.75) is 25.7 Å². The van der Waals surface area contributed by atoms with Crippen molar-refractivity contribution < 1.29 is 23.5 Å². The van der Waals surface area contributed by atoms with Crippen LogP contribution in [0.3, 0.4) is 0 Å². The van der Waals surface area contributed by atoms with Crippen LogP contribution in [0.1, 0.15) is 34.5 Å². The van der Waals surface area contributed by atoms with E-state index in [4.69, 9.17) is 13.9 Å². The number of nitrogens with zero attached hydrogens (tertiary/aromatic N) is 2. The molecule has 1 aromatic heterocycles.